The molecule has 1 amide bonds. The third kappa shape index (κ3) is 3.48. The lowest BCUT2D eigenvalue weighted by Crippen LogP contribution is -2.37. The van der Waals surface area contributed by atoms with Crippen molar-refractivity contribution < 1.29 is 9.18 Å². The molecule has 16 heavy (non-hydrogen) atoms. The smallest absolute Gasteiger partial charge is 0.242 e. The number of amides is 1. The summed E-state index contributed by atoms with van der Waals surface area (Å²) in [5, 5.41) is 5.61. The van der Waals surface area contributed by atoms with Gasteiger partial charge in [-0.25, -0.2) is 4.39 Å². The number of benzene rings is 1. The van der Waals surface area contributed by atoms with Crippen LogP contribution in [0.1, 0.15) is 13.8 Å². The molecule has 1 rings (SSSR count). The van der Waals surface area contributed by atoms with E-state index in [9.17, 15) is 9.18 Å². The van der Waals surface area contributed by atoms with Crippen LogP contribution in [-0.4, -0.2) is 18.5 Å². The molecule has 0 fully saturated rings. The zero-order valence-electron chi connectivity index (χ0n) is 9.18. The summed E-state index contributed by atoms with van der Waals surface area (Å²) in [4.78, 5) is 11.4. The summed E-state index contributed by atoms with van der Waals surface area (Å²) in [7, 11) is 0. The topological polar surface area (TPSA) is 41.1 Å². The Kier molecular flexibility index (Phi) is 4.73. The molecule has 0 saturated carbocycles. The Bertz CT molecular complexity index is 384. The Hall–Kier alpha value is -1.10. The fourth-order valence-corrected chi connectivity index (χ4v) is 1.48. The van der Waals surface area contributed by atoms with Crippen molar-refractivity contribution in [3.63, 3.8) is 0 Å². The van der Waals surface area contributed by atoms with Gasteiger partial charge in [0.1, 0.15) is 11.9 Å². The van der Waals surface area contributed by atoms with Crippen LogP contribution in [0.3, 0.4) is 0 Å². The van der Waals surface area contributed by atoms with Gasteiger partial charge in [-0.3, -0.25) is 4.79 Å². The minimum absolute atomic E-state index is 0.106. The molecule has 3 nitrogen and oxygen atoms in total. The van der Waals surface area contributed by atoms with Crippen molar-refractivity contribution in [3.05, 3.63) is 28.5 Å². The molecule has 1 aromatic carbocycles. The van der Waals surface area contributed by atoms with E-state index in [0.29, 0.717) is 16.7 Å². The van der Waals surface area contributed by atoms with Crippen molar-refractivity contribution in [3.8, 4) is 0 Å². The first kappa shape index (κ1) is 13.0. The Morgan fingerprint density at radius 1 is 1.56 bits per heavy atom. The van der Waals surface area contributed by atoms with E-state index in [0.717, 1.165) is 0 Å². The highest BCUT2D eigenvalue weighted by Crippen LogP contribution is 2.19. The van der Waals surface area contributed by atoms with Gasteiger partial charge in [-0.05, 0) is 48.0 Å². The quantitative estimate of drug-likeness (QED) is 0.894. The molecular formula is C11H14BrFN2O. The van der Waals surface area contributed by atoms with E-state index in [1.807, 2.05) is 6.92 Å². The van der Waals surface area contributed by atoms with Crippen molar-refractivity contribution in [1.82, 2.24) is 5.32 Å². The molecule has 0 saturated heterocycles. The highest BCUT2D eigenvalue weighted by atomic mass is 79.9. The number of hydrogen-bond donors (Lipinski definition) is 2. The lowest BCUT2D eigenvalue weighted by atomic mass is 10.2. The van der Waals surface area contributed by atoms with Crippen LogP contribution in [-0.2, 0) is 4.79 Å². The molecule has 5 heteroatoms. The van der Waals surface area contributed by atoms with Gasteiger partial charge in [-0.15, -0.1) is 0 Å². The largest absolute Gasteiger partial charge is 0.374 e. The number of nitrogens with one attached hydrogen (secondary N) is 2. The highest BCUT2D eigenvalue weighted by molar-refractivity contribution is 9.10. The molecule has 0 bridgehead atoms. The van der Waals surface area contributed by atoms with Crippen LogP contribution in [0.25, 0.3) is 0 Å². The molecule has 0 aliphatic carbocycles. The number of likely N-dealkylation sites (N-methyl/N-ethyl adjacent to an activating group) is 1. The first-order valence-electron chi connectivity index (χ1n) is 5.04. The van der Waals surface area contributed by atoms with Crippen LogP contribution in [0.4, 0.5) is 10.1 Å². The van der Waals surface area contributed by atoms with Crippen LogP contribution in [0.5, 0.6) is 0 Å². The second kappa shape index (κ2) is 5.84. The summed E-state index contributed by atoms with van der Waals surface area (Å²) >= 11 is 3.07. The Morgan fingerprint density at radius 3 is 2.81 bits per heavy atom. The van der Waals surface area contributed by atoms with Crippen LogP contribution in [0.2, 0.25) is 0 Å². The van der Waals surface area contributed by atoms with Crippen LogP contribution < -0.4 is 10.6 Å². The minimum atomic E-state index is -0.388. The molecule has 0 aromatic heterocycles. The Morgan fingerprint density at radius 2 is 2.25 bits per heavy atom. The van der Waals surface area contributed by atoms with Gasteiger partial charge in [0.2, 0.25) is 5.91 Å². The maximum absolute atomic E-state index is 13.2. The molecule has 1 atom stereocenters. The SMILES string of the molecule is CCNC(=O)C(C)Nc1ccc(Br)c(F)c1. The van der Waals surface area contributed by atoms with Crippen LogP contribution >= 0.6 is 15.9 Å². The molecule has 88 valence electrons. The monoisotopic (exact) mass is 288 g/mol. The molecule has 1 aromatic rings. The second-order valence-corrected chi connectivity index (χ2v) is 4.24. The van der Waals surface area contributed by atoms with Crippen LogP contribution in [0.15, 0.2) is 22.7 Å². The Balaban J connectivity index is 2.66. The number of carbonyl (C=O) groups is 1. The number of rotatable bonds is 4. The summed E-state index contributed by atoms with van der Waals surface area (Å²) in [5.74, 6) is -0.459. The van der Waals surface area contributed by atoms with Crippen molar-refractivity contribution >= 4 is 27.5 Å². The fraction of sp³-hybridized carbons (Fsp3) is 0.364. The summed E-state index contributed by atoms with van der Waals surface area (Å²) < 4.78 is 13.6. The van der Waals surface area contributed by atoms with Gasteiger partial charge in [-0.2, -0.15) is 0 Å². The summed E-state index contributed by atoms with van der Waals surface area (Å²) in [6.07, 6.45) is 0. The minimum Gasteiger partial charge on any atom is -0.374 e. The van der Waals surface area contributed by atoms with Gasteiger partial charge >= 0.3 is 0 Å². The van der Waals surface area contributed by atoms with E-state index in [1.165, 1.54) is 6.07 Å². The van der Waals surface area contributed by atoms with E-state index in [1.54, 1.807) is 19.1 Å². The number of hydrogen-bond acceptors (Lipinski definition) is 2. The Labute approximate surface area is 103 Å². The lowest BCUT2D eigenvalue weighted by Gasteiger charge is -2.14. The summed E-state index contributed by atoms with van der Waals surface area (Å²) in [5.41, 5.74) is 0.583. The molecule has 0 aliphatic heterocycles. The second-order valence-electron chi connectivity index (χ2n) is 3.39. The van der Waals surface area contributed by atoms with Crippen molar-refractivity contribution in [2.45, 2.75) is 19.9 Å². The zero-order valence-corrected chi connectivity index (χ0v) is 10.8. The van der Waals surface area contributed by atoms with Gasteiger partial charge in [0.15, 0.2) is 0 Å². The molecule has 0 heterocycles. The number of anilines is 1. The van der Waals surface area contributed by atoms with E-state index in [2.05, 4.69) is 26.6 Å². The van der Waals surface area contributed by atoms with Crippen molar-refractivity contribution in [1.29, 1.82) is 0 Å². The first-order valence-corrected chi connectivity index (χ1v) is 5.83. The maximum atomic E-state index is 13.2. The van der Waals surface area contributed by atoms with E-state index < -0.39 is 0 Å². The average Bonchev–Trinajstić information content (AvgIpc) is 2.24. The summed E-state index contributed by atoms with van der Waals surface area (Å²) in [6, 6.07) is 4.27. The molecule has 1 unspecified atom stereocenters. The molecular weight excluding hydrogens is 275 g/mol. The predicted octanol–water partition coefficient (Wildman–Crippen LogP) is 2.52. The molecule has 0 radical (unpaired) electrons. The van der Waals surface area contributed by atoms with E-state index in [4.69, 9.17) is 0 Å². The summed E-state index contributed by atoms with van der Waals surface area (Å²) in [6.45, 7) is 4.16. The zero-order chi connectivity index (χ0) is 12.1. The van der Waals surface area contributed by atoms with E-state index in [-0.39, 0.29) is 17.8 Å². The highest BCUT2D eigenvalue weighted by Gasteiger charge is 2.11. The first-order chi connectivity index (χ1) is 7.54. The van der Waals surface area contributed by atoms with Gasteiger partial charge in [0.05, 0.1) is 4.47 Å². The molecule has 2 N–H and O–H groups in total. The van der Waals surface area contributed by atoms with Crippen LogP contribution in [0, 0.1) is 5.82 Å². The lowest BCUT2D eigenvalue weighted by molar-refractivity contribution is -0.121. The molecule has 0 aliphatic rings. The van der Waals surface area contributed by atoms with Crippen molar-refractivity contribution in [2.24, 2.45) is 0 Å². The predicted molar refractivity (Wildman–Crippen MR) is 65.9 cm³/mol. The maximum Gasteiger partial charge on any atom is 0.242 e. The third-order valence-corrected chi connectivity index (χ3v) is 2.69. The average molecular weight is 289 g/mol. The molecule has 0 spiro atoms. The van der Waals surface area contributed by atoms with E-state index >= 15 is 0 Å². The van der Waals surface area contributed by atoms with Gasteiger partial charge in [0.25, 0.3) is 0 Å². The van der Waals surface area contributed by atoms with Gasteiger partial charge in [0, 0.05) is 12.2 Å². The van der Waals surface area contributed by atoms with Gasteiger partial charge in [-0.1, -0.05) is 0 Å². The van der Waals surface area contributed by atoms with Gasteiger partial charge < -0.3 is 10.6 Å². The standard InChI is InChI=1S/C11H14BrFN2O/c1-3-14-11(16)7(2)15-8-4-5-9(12)10(13)6-8/h4-7,15H,3H2,1-2H3,(H,14,16). The van der Waals surface area contributed by atoms with Crippen molar-refractivity contribution in [2.75, 3.05) is 11.9 Å². The third-order valence-electron chi connectivity index (χ3n) is 2.05. The number of halogens is 2. The fourth-order valence-electron chi connectivity index (χ4n) is 1.23. The normalized spacial score (nSPS) is 12.0. The number of carbonyl (C=O) groups excluding carboxylic acids is 1.